The van der Waals surface area contributed by atoms with Crippen LogP contribution in [0.5, 0.6) is 0 Å². The second kappa shape index (κ2) is 7.58. The molecule has 31 heavy (non-hydrogen) atoms. The van der Waals surface area contributed by atoms with Crippen LogP contribution in [0.25, 0.3) is 22.9 Å². The number of pyridine rings is 1. The van der Waals surface area contributed by atoms with Crippen molar-refractivity contribution in [3.8, 4) is 23.3 Å². The summed E-state index contributed by atoms with van der Waals surface area (Å²) in [7, 11) is 0. The number of benzene rings is 1. The first-order chi connectivity index (χ1) is 15.0. The molecule has 0 amide bonds. The maximum Gasteiger partial charge on any atom is 0.338 e. The summed E-state index contributed by atoms with van der Waals surface area (Å²) in [5.74, 6) is -0.148. The Kier molecular flexibility index (Phi) is 4.78. The minimum absolute atomic E-state index is 0.00869. The Bertz CT molecular complexity index is 1540. The van der Waals surface area contributed by atoms with Gasteiger partial charge in [0.15, 0.2) is 0 Å². The Balaban J connectivity index is 2.01. The number of nitrogen functional groups attached to an aromatic ring is 2. The van der Waals surface area contributed by atoms with Crippen LogP contribution in [0, 0.1) is 22.7 Å². The summed E-state index contributed by atoms with van der Waals surface area (Å²) in [6, 6.07) is 13.7. The van der Waals surface area contributed by atoms with Gasteiger partial charge in [0.1, 0.15) is 34.5 Å². The van der Waals surface area contributed by atoms with E-state index in [1.165, 1.54) is 0 Å². The number of nitriles is 2. The highest BCUT2D eigenvalue weighted by Gasteiger charge is 2.23. The number of anilines is 2. The van der Waals surface area contributed by atoms with Gasteiger partial charge in [0, 0.05) is 17.3 Å². The minimum Gasteiger partial charge on any atom is -0.423 e. The minimum atomic E-state index is -0.711. The van der Waals surface area contributed by atoms with E-state index in [2.05, 4.69) is 5.43 Å². The van der Waals surface area contributed by atoms with E-state index in [1.54, 1.807) is 36.4 Å². The van der Waals surface area contributed by atoms with Crippen molar-refractivity contribution in [2.45, 2.75) is 12.8 Å². The molecule has 5 N–H and O–H groups in total. The van der Waals surface area contributed by atoms with Gasteiger partial charge in [0.25, 0.3) is 5.56 Å². The van der Waals surface area contributed by atoms with Gasteiger partial charge >= 0.3 is 5.63 Å². The standard InChI is InChI=1S/C22H16N6O3/c23-10-13-19(12-5-2-1-3-6-12)14(11-24)22(30)28(21(13)26)27-16-7-4-8-17-20(16)15(25)9-18(29)31-17/h1-3,5-6,8-9,27H,4,7,25-26H2. The topological polar surface area (TPSA) is 164 Å². The summed E-state index contributed by atoms with van der Waals surface area (Å²) >= 11 is 0. The Morgan fingerprint density at radius 2 is 1.77 bits per heavy atom. The van der Waals surface area contributed by atoms with Crippen molar-refractivity contribution in [1.29, 1.82) is 10.5 Å². The summed E-state index contributed by atoms with van der Waals surface area (Å²) in [4.78, 5) is 24.8. The van der Waals surface area contributed by atoms with Crippen LogP contribution in [0.2, 0.25) is 0 Å². The fourth-order valence-electron chi connectivity index (χ4n) is 3.63. The summed E-state index contributed by atoms with van der Waals surface area (Å²) in [6.07, 6.45) is 2.69. The zero-order chi connectivity index (χ0) is 22.1. The Labute approximate surface area is 175 Å². The largest absolute Gasteiger partial charge is 0.423 e. The third kappa shape index (κ3) is 3.20. The van der Waals surface area contributed by atoms with Gasteiger partial charge < -0.3 is 15.9 Å². The van der Waals surface area contributed by atoms with E-state index in [4.69, 9.17) is 15.9 Å². The zero-order valence-electron chi connectivity index (χ0n) is 16.2. The summed E-state index contributed by atoms with van der Waals surface area (Å²) < 4.78 is 6.16. The number of nitrogens with zero attached hydrogens (tertiary/aromatic N) is 3. The first-order valence-corrected chi connectivity index (χ1v) is 9.30. The third-order valence-corrected chi connectivity index (χ3v) is 4.99. The van der Waals surface area contributed by atoms with Gasteiger partial charge in [0.05, 0.1) is 10.9 Å². The third-order valence-electron chi connectivity index (χ3n) is 4.99. The second-order valence-corrected chi connectivity index (χ2v) is 6.83. The molecule has 0 saturated carbocycles. The van der Waals surface area contributed by atoms with Crippen LogP contribution in [-0.2, 0) is 0 Å². The van der Waals surface area contributed by atoms with Crippen LogP contribution in [0.3, 0.4) is 0 Å². The first-order valence-electron chi connectivity index (χ1n) is 9.30. The molecule has 1 aromatic carbocycles. The van der Waals surface area contributed by atoms with E-state index in [0.29, 0.717) is 29.3 Å². The average molecular weight is 412 g/mol. The first kappa shape index (κ1) is 19.6. The van der Waals surface area contributed by atoms with Crippen LogP contribution in [0.4, 0.5) is 11.5 Å². The number of hydrogen-bond donors (Lipinski definition) is 3. The smallest absolute Gasteiger partial charge is 0.338 e. The lowest BCUT2D eigenvalue weighted by molar-refractivity contribution is 0.471. The van der Waals surface area contributed by atoms with Gasteiger partial charge in [-0.3, -0.25) is 10.2 Å². The lowest BCUT2D eigenvalue weighted by atomic mass is 9.96. The molecular weight excluding hydrogens is 396 g/mol. The number of fused-ring (bicyclic) bond motifs is 1. The normalized spacial score (nSPS) is 12.3. The monoisotopic (exact) mass is 412 g/mol. The highest BCUT2D eigenvalue weighted by molar-refractivity contribution is 5.80. The van der Waals surface area contributed by atoms with Crippen molar-refractivity contribution in [1.82, 2.24) is 4.68 Å². The Morgan fingerprint density at radius 3 is 2.45 bits per heavy atom. The maximum absolute atomic E-state index is 13.2. The summed E-state index contributed by atoms with van der Waals surface area (Å²) in [6.45, 7) is 0. The van der Waals surface area contributed by atoms with Crippen molar-refractivity contribution in [3.05, 3.63) is 78.9 Å². The van der Waals surface area contributed by atoms with Crippen LogP contribution in [0.15, 0.2) is 50.4 Å². The quantitative estimate of drug-likeness (QED) is 0.553. The molecule has 0 fully saturated rings. The molecule has 2 heterocycles. The molecule has 0 atom stereocenters. The SMILES string of the molecule is N#Cc1c(-c2ccccc2)c(C#N)c(=O)n(NC2=c3c(N)cc(=O)oc3=CCC2)c1N. The number of aromatic nitrogens is 1. The molecule has 3 aromatic rings. The fraction of sp³-hybridized carbons (Fsp3) is 0.0909. The van der Waals surface area contributed by atoms with Crippen molar-refractivity contribution >= 4 is 23.3 Å². The van der Waals surface area contributed by atoms with E-state index in [9.17, 15) is 20.1 Å². The van der Waals surface area contributed by atoms with Gasteiger partial charge in [-0.1, -0.05) is 30.3 Å². The molecular formula is C22H16N6O3. The van der Waals surface area contributed by atoms with Crippen molar-refractivity contribution in [3.63, 3.8) is 0 Å². The predicted octanol–water partition coefficient (Wildman–Crippen LogP) is 0.302. The molecule has 152 valence electrons. The molecule has 1 aliphatic rings. The zero-order valence-corrected chi connectivity index (χ0v) is 16.2. The molecule has 9 nitrogen and oxygen atoms in total. The highest BCUT2D eigenvalue weighted by Crippen LogP contribution is 2.28. The number of nitrogens with one attached hydrogen (secondary N) is 1. The van der Waals surface area contributed by atoms with Gasteiger partial charge in [-0.05, 0) is 24.5 Å². The van der Waals surface area contributed by atoms with Crippen LogP contribution < -0.4 is 38.7 Å². The fourth-order valence-corrected chi connectivity index (χ4v) is 3.63. The van der Waals surface area contributed by atoms with Crippen LogP contribution >= 0.6 is 0 Å². The van der Waals surface area contributed by atoms with E-state index in [1.807, 2.05) is 12.1 Å². The second-order valence-electron chi connectivity index (χ2n) is 6.83. The molecule has 4 rings (SSSR count). The molecule has 0 saturated heterocycles. The van der Waals surface area contributed by atoms with Gasteiger partial charge in [-0.2, -0.15) is 10.5 Å². The molecule has 0 unspecified atom stereocenters. The molecule has 0 radical (unpaired) electrons. The van der Waals surface area contributed by atoms with E-state index in [-0.39, 0.29) is 33.6 Å². The maximum atomic E-state index is 13.2. The Morgan fingerprint density at radius 1 is 1.06 bits per heavy atom. The predicted molar refractivity (Wildman–Crippen MR) is 115 cm³/mol. The lowest BCUT2D eigenvalue weighted by Crippen LogP contribution is -2.41. The summed E-state index contributed by atoms with van der Waals surface area (Å²) in [5.41, 5.74) is 15.2. The van der Waals surface area contributed by atoms with Crippen LogP contribution in [-0.4, -0.2) is 4.68 Å². The van der Waals surface area contributed by atoms with Crippen molar-refractivity contribution < 1.29 is 4.42 Å². The van der Waals surface area contributed by atoms with Crippen molar-refractivity contribution in [2.75, 3.05) is 16.9 Å². The summed E-state index contributed by atoms with van der Waals surface area (Å²) in [5, 5.41) is 19.9. The van der Waals surface area contributed by atoms with Crippen LogP contribution in [0.1, 0.15) is 24.0 Å². The molecule has 0 spiro atoms. The van der Waals surface area contributed by atoms with Gasteiger partial charge in [-0.15, -0.1) is 0 Å². The van der Waals surface area contributed by atoms with E-state index < -0.39 is 11.2 Å². The molecule has 2 aromatic heterocycles. The number of nitrogens with two attached hydrogens (primary N) is 2. The molecule has 1 aliphatic carbocycles. The Hall–Kier alpha value is -4.76. The molecule has 0 bridgehead atoms. The lowest BCUT2D eigenvalue weighted by Gasteiger charge is -2.20. The number of hydrogen-bond acceptors (Lipinski definition) is 8. The van der Waals surface area contributed by atoms with Crippen molar-refractivity contribution in [2.24, 2.45) is 0 Å². The molecule has 0 aliphatic heterocycles. The van der Waals surface area contributed by atoms with E-state index >= 15 is 0 Å². The van der Waals surface area contributed by atoms with Gasteiger partial charge in [-0.25, -0.2) is 9.47 Å². The average Bonchev–Trinajstić information content (AvgIpc) is 2.76. The highest BCUT2D eigenvalue weighted by atomic mass is 16.4. The van der Waals surface area contributed by atoms with Gasteiger partial charge in [0.2, 0.25) is 0 Å². The molecule has 9 heteroatoms. The number of rotatable bonds is 3. The van der Waals surface area contributed by atoms with E-state index in [0.717, 1.165) is 10.7 Å².